The molecule has 1 aromatic heterocycles. The van der Waals surface area contributed by atoms with Gasteiger partial charge in [-0.05, 0) is 18.2 Å². The number of amidine groups is 1. The molecule has 3 N–H and O–H groups in total. The van der Waals surface area contributed by atoms with Crippen LogP contribution in [0.4, 0.5) is 23.2 Å². The molecule has 1 amide bonds. The summed E-state index contributed by atoms with van der Waals surface area (Å²) in [7, 11) is 0. The summed E-state index contributed by atoms with van der Waals surface area (Å²) in [5.74, 6) is -2.30. The summed E-state index contributed by atoms with van der Waals surface area (Å²) in [5.41, 5.74) is 2.18. The fraction of sp³-hybridized carbons (Fsp3) is 0.333. The lowest BCUT2D eigenvalue weighted by molar-refractivity contribution is -0.200. The summed E-state index contributed by atoms with van der Waals surface area (Å²) >= 11 is 0. The Bertz CT molecular complexity index is 1160. The van der Waals surface area contributed by atoms with Gasteiger partial charge in [0, 0.05) is 24.1 Å². The maximum atomic E-state index is 15.0. The molecule has 0 saturated heterocycles. The molecule has 12 heteroatoms. The average molecular weight is 463 g/mol. The molecule has 2 aromatic rings. The van der Waals surface area contributed by atoms with Crippen molar-refractivity contribution in [3.8, 4) is 18.2 Å². The molecule has 1 fully saturated rings. The minimum atomic E-state index is -3.01. The van der Waals surface area contributed by atoms with Crippen molar-refractivity contribution in [1.82, 2.24) is 9.97 Å². The molecule has 0 radical (unpaired) electrons. The summed E-state index contributed by atoms with van der Waals surface area (Å²) in [6, 6.07) is 3.14. The van der Waals surface area contributed by atoms with Crippen LogP contribution in [0.2, 0.25) is 0 Å². The van der Waals surface area contributed by atoms with Gasteiger partial charge in [-0.2, -0.15) is 0 Å². The van der Waals surface area contributed by atoms with Crippen LogP contribution in [-0.2, 0) is 10.3 Å². The van der Waals surface area contributed by atoms with Gasteiger partial charge in [0.25, 0.3) is 11.9 Å². The molecule has 1 atom stereocenters. The number of nitrogens with two attached hydrogens (primary N) is 1. The Morgan fingerprint density at radius 1 is 1.30 bits per heavy atom. The number of alkyl halides is 3. The molecule has 2 heterocycles. The summed E-state index contributed by atoms with van der Waals surface area (Å²) in [4.78, 5) is 24.1. The highest BCUT2D eigenvalue weighted by atomic mass is 19.3. The fourth-order valence-electron chi connectivity index (χ4n) is 4.18. The number of amides is 1. The molecule has 1 aliphatic carbocycles. The van der Waals surface area contributed by atoms with Crippen molar-refractivity contribution in [2.24, 2.45) is 16.1 Å². The normalized spacial score (nSPS) is 22.3. The van der Waals surface area contributed by atoms with E-state index in [9.17, 15) is 22.4 Å². The van der Waals surface area contributed by atoms with Crippen molar-refractivity contribution in [2.45, 2.75) is 24.3 Å². The van der Waals surface area contributed by atoms with Gasteiger partial charge >= 0.3 is 0 Å². The van der Waals surface area contributed by atoms with Gasteiger partial charge in [0.15, 0.2) is 5.54 Å². The smallest absolute Gasteiger partial charge is 0.283 e. The summed E-state index contributed by atoms with van der Waals surface area (Å²) < 4.78 is 64.6. The summed E-state index contributed by atoms with van der Waals surface area (Å²) in [6.07, 6.45) is 6.51. The molecule has 2 aliphatic rings. The van der Waals surface area contributed by atoms with Crippen LogP contribution in [0.15, 0.2) is 35.6 Å². The van der Waals surface area contributed by atoms with Gasteiger partial charge in [0.1, 0.15) is 18.1 Å². The van der Waals surface area contributed by atoms with E-state index in [2.05, 4.69) is 30.9 Å². The number of carbonyl (C=O) groups excluding carboxylic acids is 1. The van der Waals surface area contributed by atoms with E-state index in [0.717, 1.165) is 18.5 Å². The van der Waals surface area contributed by atoms with Crippen molar-refractivity contribution in [1.29, 1.82) is 0 Å². The van der Waals surface area contributed by atoms with E-state index in [-0.39, 0.29) is 35.5 Å². The SMILES string of the molecule is C#CC1(c2cc(NC(=O)c3cnc(OCF)cn3)ccc2F)N=C(N)OCC12CC(F)(F)C2. The van der Waals surface area contributed by atoms with E-state index in [4.69, 9.17) is 16.9 Å². The molecule has 4 rings (SSSR count). The van der Waals surface area contributed by atoms with Crippen molar-refractivity contribution >= 4 is 17.6 Å². The van der Waals surface area contributed by atoms with Crippen LogP contribution < -0.4 is 15.8 Å². The third kappa shape index (κ3) is 3.79. The van der Waals surface area contributed by atoms with Crippen LogP contribution in [0, 0.1) is 23.6 Å². The molecular formula is C21H17F4N5O3. The number of carbonyl (C=O) groups is 1. The van der Waals surface area contributed by atoms with Gasteiger partial charge in [-0.25, -0.2) is 32.5 Å². The first kappa shape index (κ1) is 22.3. The number of hydrogen-bond donors (Lipinski definition) is 2. The molecule has 33 heavy (non-hydrogen) atoms. The van der Waals surface area contributed by atoms with Crippen LogP contribution in [-0.4, -0.2) is 41.3 Å². The number of benzene rings is 1. The Hall–Kier alpha value is -3.88. The lowest BCUT2D eigenvalue weighted by Crippen LogP contribution is -2.62. The van der Waals surface area contributed by atoms with Gasteiger partial charge in [0.05, 0.1) is 17.8 Å². The number of nitrogens with zero attached hydrogens (tertiary/aromatic N) is 3. The number of nitrogens with one attached hydrogen (secondary N) is 1. The second-order valence-electron chi connectivity index (χ2n) is 7.73. The maximum Gasteiger partial charge on any atom is 0.283 e. The number of hydrogen-bond acceptors (Lipinski definition) is 7. The first-order valence-corrected chi connectivity index (χ1v) is 9.60. The highest BCUT2D eigenvalue weighted by molar-refractivity contribution is 6.02. The largest absolute Gasteiger partial charge is 0.465 e. The van der Waals surface area contributed by atoms with Crippen LogP contribution in [0.3, 0.4) is 0 Å². The molecule has 1 spiro atoms. The van der Waals surface area contributed by atoms with E-state index < -0.39 is 48.3 Å². The number of ether oxygens (including phenoxy) is 2. The highest BCUT2D eigenvalue weighted by Crippen LogP contribution is 2.63. The molecule has 8 nitrogen and oxygen atoms in total. The highest BCUT2D eigenvalue weighted by Gasteiger charge is 2.69. The fourth-order valence-corrected chi connectivity index (χ4v) is 4.18. The van der Waals surface area contributed by atoms with Crippen LogP contribution in [0.5, 0.6) is 5.88 Å². The molecule has 1 saturated carbocycles. The van der Waals surface area contributed by atoms with Crippen molar-refractivity contribution < 1.29 is 31.8 Å². The number of halogens is 4. The molecule has 172 valence electrons. The van der Waals surface area contributed by atoms with Gasteiger partial charge in [-0.3, -0.25) is 4.79 Å². The van der Waals surface area contributed by atoms with Gasteiger partial charge in [-0.1, -0.05) is 5.92 Å². The van der Waals surface area contributed by atoms with Crippen molar-refractivity contribution in [2.75, 3.05) is 18.8 Å². The Morgan fingerprint density at radius 2 is 2.06 bits per heavy atom. The number of aliphatic imine (C=N–C) groups is 1. The van der Waals surface area contributed by atoms with Crippen molar-refractivity contribution in [3.05, 3.63) is 47.7 Å². The molecular weight excluding hydrogens is 446 g/mol. The van der Waals surface area contributed by atoms with Crippen LogP contribution >= 0.6 is 0 Å². The van der Waals surface area contributed by atoms with Gasteiger partial charge < -0.3 is 20.5 Å². The maximum absolute atomic E-state index is 15.0. The number of anilines is 1. The van der Waals surface area contributed by atoms with Crippen LogP contribution in [0.1, 0.15) is 28.9 Å². The minimum Gasteiger partial charge on any atom is -0.465 e. The van der Waals surface area contributed by atoms with Gasteiger partial charge in [0.2, 0.25) is 18.7 Å². The standard InChI is InChI=1S/C21H17F4N5O3/c1-2-21(19(8-20(24,25)9-19)10-32-18(26)30-21)13-5-12(3-4-14(13)23)29-17(31)15-6-28-16(7-27-15)33-11-22/h1,3-7H,8-11H2,(H2,26,30)(H,29,31). The summed E-state index contributed by atoms with van der Waals surface area (Å²) in [5, 5.41) is 2.50. The molecule has 1 aliphatic heterocycles. The van der Waals surface area contributed by atoms with Gasteiger partial charge in [-0.15, -0.1) is 6.42 Å². The minimum absolute atomic E-state index is 0.0957. The Morgan fingerprint density at radius 3 is 2.67 bits per heavy atom. The summed E-state index contributed by atoms with van der Waals surface area (Å²) in [6.45, 7) is -1.37. The zero-order valence-electron chi connectivity index (χ0n) is 16.9. The Kier molecular flexibility index (Phi) is 5.35. The topological polar surface area (TPSA) is 112 Å². The predicted octanol–water partition coefficient (Wildman–Crippen LogP) is 2.76. The second-order valence-corrected chi connectivity index (χ2v) is 7.73. The number of terminal acetylenes is 1. The number of aromatic nitrogens is 2. The van der Waals surface area contributed by atoms with Crippen LogP contribution in [0.25, 0.3) is 0 Å². The van der Waals surface area contributed by atoms with E-state index >= 15 is 0 Å². The zero-order valence-corrected chi connectivity index (χ0v) is 16.9. The zero-order chi connectivity index (χ0) is 23.9. The average Bonchev–Trinajstić information content (AvgIpc) is 2.76. The first-order chi connectivity index (χ1) is 15.6. The third-order valence-electron chi connectivity index (χ3n) is 5.62. The predicted molar refractivity (Wildman–Crippen MR) is 108 cm³/mol. The molecule has 0 bridgehead atoms. The third-order valence-corrected chi connectivity index (χ3v) is 5.62. The Labute approximate surface area is 185 Å². The molecule has 1 unspecified atom stereocenters. The van der Waals surface area contributed by atoms with E-state index in [1.807, 2.05) is 0 Å². The Balaban J connectivity index is 1.68. The molecule has 1 aromatic carbocycles. The monoisotopic (exact) mass is 463 g/mol. The first-order valence-electron chi connectivity index (χ1n) is 9.60. The number of rotatable bonds is 5. The van der Waals surface area contributed by atoms with E-state index in [1.54, 1.807) is 0 Å². The van der Waals surface area contributed by atoms with E-state index in [1.165, 1.54) is 12.1 Å². The second kappa shape index (κ2) is 7.91. The lowest BCUT2D eigenvalue weighted by atomic mass is 9.53. The lowest BCUT2D eigenvalue weighted by Gasteiger charge is -2.56. The van der Waals surface area contributed by atoms with E-state index in [0.29, 0.717) is 0 Å². The van der Waals surface area contributed by atoms with Crippen molar-refractivity contribution in [3.63, 3.8) is 0 Å². The quantitative estimate of drug-likeness (QED) is 0.521.